The number of hydrogen-bond donors (Lipinski definition) is 1. The molecular formula is C17H14ClN5S. The van der Waals surface area contributed by atoms with Gasteiger partial charge in [-0.2, -0.15) is 5.26 Å². The first kappa shape index (κ1) is 16.4. The summed E-state index contributed by atoms with van der Waals surface area (Å²) in [5.41, 5.74) is 2.30. The molecule has 2 aromatic heterocycles. The molecule has 7 heteroatoms. The van der Waals surface area contributed by atoms with Crippen molar-refractivity contribution in [3.8, 4) is 17.3 Å². The minimum absolute atomic E-state index is 0.0167. The van der Waals surface area contributed by atoms with Crippen LogP contribution in [-0.2, 0) is 0 Å². The van der Waals surface area contributed by atoms with Crippen molar-refractivity contribution in [1.29, 1.82) is 5.26 Å². The molecule has 120 valence electrons. The Morgan fingerprint density at radius 2 is 1.92 bits per heavy atom. The van der Waals surface area contributed by atoms with Crippen LogP contribution in [0.5, 0.6) is 0 Å². The summed E-state index contributed by atoms with van der Waals surface area (Å²) in [7, 11) is 0. The Morgan fingerprint density at radius 3 is 2.54 bits per heavy atom. The zero-order chi connectivity index (χ0) is 17.1. The van der Waals surface area contributed by atoms with E-state index in [0.29, 0.717) is 16.5 Å². The minimum Gasteiger partial charge on any atom is -0.360 e. The molecule has 0 saturated carbocycles. The Labute approximate surface area is 149 Å². The molecule has 0 radical (unpaired) electrons. The normalized spacial score (nSPS) is 11.8. The van der Waals surface area contributed by atoms with Gasteiger partial charge < -0.3 is 5.32 Å². The molecular weight excluding hydrogens is 342 g/mol. The molecule has 0 aliphatic rings. The Kier molecular flexibility index (Phi) is 4.74. The zero-order valence-corrected chi connectivity index (χ0v) is 14.7. The second kappa shape index (κ2) is 6.95. The first-order valence-electron chi connectivity index (χ1n) is 7.30. The van der Waals surface area contributed by atoms with Gasteiger partial charge >= 0.3 is 0 Å². The molecule has 0 spiro atoms. The second-order valence-corrected chi connectivity index (χ2v) is 6.92. The smallest absolute Gasteiger partial charge is 0.163 e. The summed E-state index contributed by atoms with van der Waals surface area (Å²) >= 11 is 7.59. The van der Waals surface area contributed by atoms with Gasteiger partial charge in [0.25, 0.3) is 0 Å². The fourth-order valence-corrected chi connectivity index (χ4v) is 3.30. The highest BCUT2D eigenvalue weighted by atomic mass is 35.5. The number of nitrogens with zero attached hydrogens (tertiary/aromatic N) is 4. The number of halogens is 1. The Hall–Kier alpha value is -2.49. The summed E-state index contributed by atoms with van der Waals surface area (Å²) in [6.07, 6.45) is 0. The number of aryl methyl sites for hydroxylation is 1. The van der Waals surface area contributed by atoms with E-state index >= 15 is 0 Å². The molecule has 5 nitrogen and oxygen atoms in total. The van der Waals surface area contributed by atoms with Crippen molar-refractivity contribution < 1.29 is 0 Å². The van der Waals surface area contributed by atoms with Crippen LogP contribution in [0.15, 0.2) is 36.4 Å². The van der Waals surface area contributed by atoms with Gasteiger partial charge in [0.1, 0.15) is 16.9 Å². The quantitative estimate of drug-likeness (QED) is 0.739. The number of thiazole rings is 1. The molecule has 1 unspecified atom stereocenters. The number of nitriles is 1. The van der Waals surface area contributed by atoms with E-state index in [-0.39, 0.29) is 6.04 Å². The Balaban J connectivity index is 1.80. The summed E-state index contributed by atoms with van der Waals surface area (Å²) in [6, 6.07) is 13.0. The molecule has 0 fully saturated rings. The maximum absolute atomic E-state index is 8.76. The SMILES string of the molecule is Cc1sc(C(C)Nc2ccc(C#N)nn2)nc1-c1ccc(Cl)cc1. The molecule has 1 N–H and O–H groups in total. The highest BCUT2D eigenvalue weighted by Crippen LogP contribution is 2.32. The van der Waals surface area contributed by atoms with Crippen molar-refractivity contribution in [2.75, 3.05) is 5.32 Å². The van der Waals surface area contributed by atoms with E-state index in [1.165, 1.54) is 0 Å². The Morgan fingerprint density at radius 1 is 1.17 bits per heavy atom. The van der Waals surface area contributed by atoms with E-state index < -0.39 is 0 Å². The fourth-order valence-electron chi connectivity index (χ4n) is 2.23. The first-order valence-corrected chi connectivity index (χ1v) is 8.50. The average Bonchev–Trinajstić information content (AvgIpc) is 2.98. The number of anilines is 1. The highest BCUT2D eigenvalue weighted by Gasteiger charge is 2.15. The highest BCUT2D eigenvalue weighted by molar-refractivity contribution is 7.12. The summed E-state index contributed by atoms with van der Waals surface area (Å²) in [5, 5.41) is 21.5. The van der Waals surface area contributed by atoms with Crippen LogP contribution < -0.4 is 5.32 Å². The predicted octanol–water partition coefficient (Wildman–Crippen LogP) is 4.61. The second-order valence-electron chi connectivity index (χ2n) is 5.25. The summed E-state index contributed by atoms with van der Waals surface area (Å²) in [4.78, 5) is 5.90. The molecule has 3 aromatic rings. The van der Waals surface area contributed by atoms with Crippen LogP contribution in [0.25, 0.3) is 11.3 Å². The lowest BCUT2D eigenvalue weighted by Gasteiger charge is -2.10. The third-order valence-corrected chi connectivity index (χ3v) is 4.85. The van der Waals surface area contributed by atoms with Crippen LogP contribution >= 0.6 is 22.9 Å². The number of benzene rings is 1. The van der Waals surface area contributed by atoms with E-state index in [1.807, 2.05) is 37.3 Å². The molecule has 1 atom stereocenters. The summed E-state index contributed by atoms with van der Waals surface area (Å²) in [5.74, 6) is 0.613. The standard InChI is InChI=1S/C17H14ClN5S/c1-10(20-15-8-7-14(9-19)22-23-15)17-21-16(11(2)24-17)12-3-5-13(18)6-4-12/h3-8,10H,1-2H3,(H,20,23). The largest absolute Gasteiger partial charge is 0.360 e. The van der Waals surface area contributed by atoms with Gasteiger partial charge in [-0.25, -0.2) is 4.98 Å². The molecule has 3 rings (SSSR count). The predicted molar refractivity (Wildman–Crippen MR) is 96.1 cm³/mol. The molecule has 0 saturated heterocycles. The Bertz CT molecular complexity index is 881. The third kappa shape index (κ3) is 3.53. The summed E-state index contributed by atoms with van der Waals surface area (Å²) in [6.45, 7) is 4.07. The minimum atomic E-state index is -0.0167. The number of aromatic nitrogens is 3. The van der Waals surface area contributed by atoms with Gasteiger partial charge in [0.2, 0.25) is 0 Å². The topological polar surface area (TPSA) is 74.5 Å². The van der Waals surface area contributed by atoms with E-state index in [1.54, 1.807) is 23.5 Å². The van der Waals surface area contributed by atoms with E-state index in [4.69, 9.17) is 21.8 Å². The van der Waals surface area contributed by atoms with Crippen molar-refractivity contribution >= 4 is 28.8 Å². The molecule has 24 heavy (non-hydrogen) atoms. The van der Waals surface area contributed by atoms with Crippen LogP contribution in [0.1, 0.15) is 28.5 Å². The van der Waals surface area contributed by atoms with Gasteiger partial charge in [-0.05, 0) is 38.1 Å². The molecule has 0 aliphatic carbocycles. The van der Waals surface area contributed by atoms with Crippen LogP contribution in [0.3, 0.4) is 0 Å². The van der Waals surface area contributed by atoms with Crippen molar-refractivity contribution in [3.05, 3.63) is 57.0 Å². The lowest BCUT2D eigenvalue weighted by atomic mass is 10.1. The molecule has 0 bridgehead atoms. The van der Waals surface area contributed by atoms with Crippen LogP contribution in [-0.4, -0.2) is 15.2 Å². The van der Waals surface area contributed by atoms with Gasteiger partial charge in [0, 0.05) is 15.5 Å². The molecule has 2 heterocycles. The van der Waals surface area contributed by atoms with Gasteiger partial charge in [-0.3, -0.25) is 0 Å². The number of rotatable bonds is 4. The van der Waals surface area contributed by atoms with Crippen molar-refractivity contribution in [2.24, 2.45) is 0 Å². The number of hydrogen-bond acceptors (Lipinski definition) is 6. The van der Waals surface area contributed by atoms with Crippen molar-refractivity contribution in [3.63, 3.8) is 0 Å². The van der Waals surface area contributed by atoms with Crippen LogP contribution in [0.2, 0.25) is 5.02 Å². The van der Waals surface area contributed by atoms with Gasteiger partial charge in [-0.15, -0.1) is 21.5 Å². The maximum Gasteiger partial charge on any atom is 0.163 e. The zero-order valence-electron chi connectivity index (χ0n) is 13.1. The van der Waals surface area contributed by atoms with E-state index in [2.05, 4.69) is 22.4 Å². The molecule has 0 amide bonds. The van der Waals surface area contributed by atoms with Gasteiger partial charge in [0.05, 0.1) is 11.7 Å². The maximum atomic E-state index is 8.76. The monoisotopic (exact) mass is 355 g/mol. The third-order valence-electron chi connectivity index (χ3n) is 3.44. The van der Waals surface area contributed by atoms with E-state index in [9.17, 15) is 0 Å². The van der Waals surface area contributed by atoms with Crippen LogP contribution in [0.4, 0.5) is 5.82 Å². The fraction of sp³-hybridized carbons (Fsp3) is 0.176. The van der Waals surface area contributed by atoms with Crippen molar-refractivity contribution in [1.82, 2.24) is 15.2 Å². The van der Waals surface area contributed by atoms with Crippen LogP contribution in [0, 0.1) is 18.3 Å². The lowest BCUT2D eigenvalue weighted by molar-refractivity contribution is 0.848. The molecule has 0 aliphatic heterocycles. The van der Waals surface area contributed by atoms with Gasteiger partial charge in [-0.1, -0.05) is 23.7 Å². The lowest BCUT2D eigenvalue weighted by Crippen LogP contribution is -2.08. The molecule has 1 aromatic carbocycles. The number of nitrogens with one attached hydrogen (secondary N) is 1. The average molecular weight is 356 g/mol. The first-order chi connectivity index (χ1) is 11.6. The van der Waals surface area contributed by atoms with E-state index in [0.717, 1.165) is 21.1 Å². The van der Waals surface area contributed by atoms with Gasteiger partial charge in [0.15, 0.2) is 5.69 Å². The van der Waals surface area contributed by atoms with Crippen molar-refractivity contribution in [2.45, 2.75) is 19.9 Å². The summed E-state index contributed by atoms with van der Waals surface area (Å²) < 4.78 is 0.